The number of hydrogen-bond acceptors (Lipinski definition) is 5. The van der Waals surface area contributed by atoms with Crippen LogP contribution < -0.4 is 0 Å². The summed E-state index contributed by atoms with van der Waals surface area (Å²) in [6.45, 7) is 4.03. The Kier molecular flexibility index (Phi) is 4.40. The van der Waals surface area contributed by atoms with Crippen molar-refractivity contribution >= 4 is 5.91 Å². The number of rotatable bonds is 4. The van der Waals surface area contributed by atoms with Gasteiger partial charge in [0.1, 0.15) is 17.7 Å². The van der Waals surface area contributed by atoms with Crippen molar-refractivity contribution in [1.82, 2.24) is 10.1 Å². The van der Waals surface area contributed by atoms with E-state index in [1.165, 1.54) is 0 Å². The number of amides is 1. The van der Waals surface area contributed by atoms with Crippen LogP contribution in [0.1, 0.15) is 37.1 Å². The third kappa shape index (κ3) is 2.68. The molecule has 2 rings (SSSR count). The fraction of sp³-hybridized carbons (Fsp3) is 0.643. The van der Waals surface area contributed by atoms with Crippen molar-refractivity contribution < 1.29 is 14.4 Å². The molecule has 1 fully saturated rings. The van der Waals surface area contributed by atoms with Crippen molar-refractivity contribution in [3.8, 4) is 6.07 Å². The van der Waals surface area contributed by atoms with Gasteiger partial charge < -0.3 is 14.5 Å². The quantitative estimate of drug-likeness (QED) is 0.893. The van der Waals surface area contributed by atoms with Gasteiger partial charge in [0.15, 0.2) is 0 Å². The van der Waals surface area contributed by atoms with Gasteiger partial charge in [-0.05, 0) is 25.7 Å². The lowest BCUT2D eigenvalue weighted by Gasteiger charge is -2.27. The Morgan fingerprint density at radius 3 is 3.05 bits per heavy atom. The highest BCUT2D eigenvalue weighted by Gasteiger charge is 2.38. The third-order valence-corrected chi connectivity index (χ3v) is 3.76. The van der Waals surface area contributed by atoms with E-state index in [-0.39, 0.29) is 24.5 Å². The Hall–Kier alpha value is -1.87. The van der Waals surface area contributed by atoms with Crippen LogP contribution in [0.5, 0.6) is 0 Å². The van der Waals surface area contributed by atoms with Gasteiger partial charge in [0.25, 0.3) is 0 Å². The molecule has 1 amide bonds. The maximum atomic E-state index is 12.7. The molecule has 3 atom stereocenters. The van der Waals surface area contributed by atoms with Crippen molar-refractivity contribution in [3.05, 3.63) is 17.5 Å². The highest BCUT2D eigenvalue weighted by molar-refractivity contribution is 5.84. The second-order valence-corrected chi connectivity index (χ2v) is 5.33. The van der Waals surface area contributed by atoms with E-state index in [2.05, 4.69) is 11.2 Å². The van der Waals surface area contributed by atoms with Gasteiger partial charge in [-0.25, -0.2) is 0 Å². The Bertz CT molecular complexity index is 520. The van der Waals surface area contributed by atoms with E-state index < -0.39 is 5.92 Å². The van der Waals surface area contributed by atoms with Crippen LogP contribution in [0.2, 0.25) is 0 Å². The molecule has 1 aliphatic rings. The molecule has 1 aromatic heterocycles. The van der Waals surface area contributed by atoms with Gasteiger partial charge >= 0.3 is 0 Å². The zero-order valence-electron chi connectivity index (χ0n) is 11.7. The first-order valence-electron chi connectivity index (χ1n) is 6.82. The van der Waals surface area contributed by atoms with Crippen LogP contribution in [0.4, 0.5) is 0 Å². The molecule has 1 saturated heterocycles. The molecule has 108 valence electrons. The maximum absolute atomic E-state index is 12.7. The highest BCUT2D eigenvalue weighted by Crippen LogP contribution is 2.30. The molecule has 6 heteroatoms. The molecule has 0 aliphatic carbocycles. The lowest BCUT2D eigenvalue weighted by molar-refractivity contribution is -0.135. The minimum absolute atomic E-state index is 0.124. The Labute approximate surface area is 118 Å². The van der Waals surface area contributed by atoms with Gasteiger partial charge in [-0.15, -0.1) is 0 Å². The van der Waals surface area contributed by atoms with Crippen LogP contribution in [0.3, 0.4) is 0 Å². The first-order chi connectivity index (χ1) is 9.58. The minimum atomic E-state index is -0.588. The summed E-state index contributed by atoms with van der Waals surface area (Å²) in [5.41, 5.74) is 0.696. The van der Waals surface area contributed by atoms with Gasteiger partial charge in [0, 0.05) is 19.2 Å². The van der Waals surface area contributed by atoms with E-state index in [0.29, 0.717) is 24.4 Å². The van der Waals surface area contributed by atoms with Crippen LogP contribution >= 0.6 is 0 Å². The first-order valence-corrected chi connectivity index (χ1v) is 6.82. The Balaban J connectivity index is 2.27. The molecule has 1 N–H and O–H groups in total. The topological polar surface area (TPSA) is 90.4 Å². The zero-order chi connectivity index (χ0) is 14.7. The minimum Gasteiger partial charge on any atom is -0.396 e. The second-order valence-electron chi connectivity index (χ2n) is 5.33. The standard InChI is InChI=1S/C14H19N3O3/c1-9(8-18)13(12-6-10(2)16-20-12)14(19)17-5-3-4-11(17)7-15/h6,9,11,13,18H,3-5,8H2,1-2H3/t9?,11?,13-/m0/s1. The van der Waals surface area contributed by atoms with Gasteiger partial charge in [0.2, 0.25) is 5.91 Å². The van der Waals surface area contributed by atoms with Crippen molar-refractivity contribution in [2.45, 2.75) is 38.6 Å². The smallest absolute Gasteiger partial charge is 0.234 e. The van der Waals surface area contributed by atoms with Gasteiger partial charge in [-0.1, -0.05) is 12.1 Å². The normalized spacial score (nSPS) is 21.5. The Morgan fingerprint density at radius 1 is 1.75 bits per heavy atom. The first kappa shape index (κ1) is 14.5. The number of aliphatic hydroxyl groups is 1. The van der Waals surface area contributed by atoms with Crippen molar-refractivity contribution in [2.75, 3.05) is 13.2 Å². The number of carbonyl (C=O) groups excluding carboxylic acids is 1. The predicted octanol–water partition coefficient (Wildman–Crippen LogP) is 1.21. The summed E-state index contributed by atoms with van der Waals surface area (Å²) in [4.78, 5) is 14.3. The summed E-state index contributed by atoms with van der Waals surface area (Å²) >= 11 is 0. The molecule has 0 bridgehead atoms. The summed E-state index contributed by atoms with van der Waals surface area (Å²) in [7, 11) is 0. The molecule has 0 radical (unpaired) electrons. The number of nitrogens with zero attached hydrogens (tertiary/aromatic N) is 3. The molecular weight excluding hydrogens is 258 g/mol. The molecule has 20 heavy (non-hydrogen) atoms. The number of aliphatic hydroxyl groups excluding tert-OH is 1. The summed E-state index contributed by atoms with van der Waals surface area (Å²) < 4.78 is 5.21. The molecule has 1 aliphatic heterocycles. The number of aryl methyl sites for hydroxylation is 1. The van der Waals surface area contributed by atoms with Crippen LogP contribution in [0, 0.1) is 24.2 Å². The fourth-order valence-corrected chi connectivity index (χ4v) is 2.62. The maximum Gasteiger partial charge on any atom is 0.234 e. The van der Waals surface area contributed by atoms with Crippen LogP contribution in [0.15, 0.2) is 10.6 Å². The second kappa shape index (κ2) is 6.06. The zero-order valence-corrected chi connectivity index (χ0v) is 11.7. The van der Waals surface area contributed by atoms with E-state index in [1.807, 2.05) is 0 Å². The predicted molar refractivity (Wildman–Crippen MR) is 70.6 cm³/mol. The molecule has 0 saturated carbocycles. The molecule has 2 heterocycles. The molecule has 0 aromatic carbocycles. The molecule has 1 aromatic rings. The number of aromatic nitrogens is 1. The van der Waals surface area contributed by atoms with E-state index in [0.717, 1.165) is 6.42 Å². The highest BCUT2D eigenvalue weighted by atomic mass is 16.5. The van der Waals surface area contributed by atoms with Crippen LogP contribution in [-0.2, 0) is 4.79 Å². The number of hydrogen-bond donors (Lipinski definition) is 1. The van der Waals surface area contributed by atoms with Crippen molar-refractivity contribution in [1.29, 1.82) is 5.26 Å². The van der Waals surface area contributed by atoms with E-state index in [1.54, 1.807) is 24.8 Å². The number of carbonyl (C=O) groups is 1. The van der Waals surface area contributed by atoms with E-state index in [4.69, 9.17) is 9.78 Å². The summed E-state index contributed by atoms with van der Waals surface area (Å²) in [5.74, 6) is -0.575. The number of likely N-dealkylation sites (tertiary alicyclic amines) is 1. The monoisotopic (exact) mass is 277 g/mol. The fourth-order valence-electron chi connectivity index (χ4n) is 2.62. The van der Waals surface area contributed by atoms with Crippen molar-refractivity contribution in [3.63, 3.8) is 0 Å². The average Bonchev–Trinajstić information content (AvgIpc) is 3.07. The third-order valence-electron chi connectivity index (χ3n) is 3.76. The van der Waals surface area contributed by atoms with Crippen molar-refractivity contribution in [2.24, 2.45) is 5.92 Å². The average molecular weight is 277 g/mol. The number of nitriles is 1. The van der Waals surface area contributed by atoms with Gasteiger partial charge in [0.05, 0.1) is 11.8 Å². The lowest BCUT2D eigenvalue weighted by atomic mass is 9.90. The van der Waals surface area contributed by atoms with E-state index >= 15 is 0 Å². The Morgan fingerprint density at radius 2 is 2.50 bits per heavy atom. The molecule has 6 nitrogen and oxygen atoms in total. The SMILES string of the molecule is Cc1cc([C@@H](C(=O)N2CCCC2C#N)C(C)CO)on1. The lowest BCUT2D eigenvalue weighted by Crippen LogP contribution is -2.40. The van der Waals surface area contributed by atoms with E-state index in [9.17, 15) is 9.90 Å². The summed E-state index contributed by atoms with van der Waals surface area (Å²) in [6.07, 6.45) is 1.54. The largest absolute Gasteiger partial charge is 0.396 e. The van der Waals surface area contributed by atoms with Crippen LogP contribution in [0.25, 0.3) is 0 Å². The summed E-state index contributed by atoms with van der Waals surface area (Å²) in [6, 6.07) is 3.50. The van der Waals surface area contributed by atoms with Gasteiger partial charge in [-0.3, -0.25) is 4.79 Å². The summed E-state index contributed by atoms with van der Waals surface area (Å²) in [5, 5.41) is 22.3. The molecular formula is C14H19N3O3. The molecule has 2 unspecified atom stereocenters. The molecule has 0 spiro atoms. The van der Waals surface area contributed by atoms with Crippen LogP contribution in [-0.4, -0.2) is 40.3 Å². The van der Waals surface area contributed by atoms with Gasteiger partial charge in [-0.2, -0.15) is 5.26 Å².